The van der Waals surface area contributed by atoms with E-state index in [1.165, 1.54) is 67.2 Å². The summed E-state index contributed by atoms with van der Waals surface area (Å²) in [6.07, 6.45) is 11.4. The zero-order valence-corrected chi connectivity index (χ0v) is 23.7. The van der Waals surface area contributed by atoms with Crippen LogP contribution in [-0.4, -0.2) is 14.2 Å². The summed E-state index contributed by atoms with van der Waals surface area (Å²) in [6, 6.07) is 24.1. The Balaban J connectivity index is 1.34. The van der Waals surface area contributed by atoms with Crippen molar-refractivity contribution in [3.05, 3.63) is 89.0 Å². The van der Waals surface area contributed by atoms with E-state index in [9.17, 15) is 0 Å². The Labute approximate surface area is 229 Å². The summed E-state index contributed by atoms with van der Waals surface area (Å²) in [5.74, 6) is 4.32. The van der Waals surface area contributed by atoms with Gasteiger partial charge < -0.3 is 14.2 Å². The van der Waals surface area contributed by atoms with Gasteiger partial charge in [0.1, 0.15) is 11.9 Å². The third-order valence-corrected chi connectivity index (χ3v) is 9.23. The Morgan fingerprint density at radius 2 is 1.61 bits per heavy atom. The Morgan fingerprint density at radius 1 is 0.868 bits per heavy atom. The van der Waals surface area contributed by atoms with Crippen LogP contribution in [0.15, 0.2) is 66.7 Å². The van der Waals surface area contributed by atoms with Gasteiger partial charge in [0, 0.05) is 0 Å². The number of rotatable bonds is 10. The van der Waals surface area contributed by atoms with Crippen LogP contribution in [0.25, 0.3) is 0 Å². The predicted molar refractivity (Wildman–Crippen MR) is 156 cm³/mol. The van der Waals surface area contributed by atoms with E-state index in [0.717, 1.165) is 41.9 Å². The lowest BCUT2D eigenvalue weighted by Crippen LogP contribution is -2.38. The van der Waals surface area contributed by atoms with Crippen LogP contribution in [0.5, 0.6) is 17.2 Å². The van der Waals surface area contributed by atoms with Crippen molar-refractivity contribution in [2.75, 3.05) is 14.2 Å². The van der Waals surface area contributed by atoms with Crippen LogP contribution in [-0.2, 0) is 11.8 Å². The van der Waals surface area contributed by atoms with Crippen LogP contribution < -0.4 is 14.2 Å². The first kappa shape index (κ1) is 26.7. The molecule has 202 valence electrons. The van der Waals surface area contributed by atoms with E-state index in [1.807, 2.05) is 6.07 Å². The largest absolute Gasteiger partial charge is 0.493 e. The van der Waals surface area contributed by atoms with E-state index in [-0.39, 0.29) is 6.10 Å². The van der Waals surface area contributed by atoms with Gasteiger partial charge in [-0.3, -0.25) is 0 Å². The highest BCUT2D eigenvalue weighted by molar-refractivity contribution is 5.43. The first-order chi connectivity index (χ1) is 18.5. The van der Waals surface area contributed by atoms with Crippen LogP contribution >= 0.6 is 0 Å². The van der Waals surface area contributed by atoms with Crippen molar-refractivity contribution in [2.24, 2.45) is 11.8 Å². The lowest BCUT2D eigenvalue weighted by Gasteiger charge is -2.47. The maximum atomic E-state index is 6.71. The van der Waals surface area contributed by atoms with Crippen molar-refractivity contribution in [2.45, 2.75) is 83.2 Å². The molecule has 3 aromatic rings. The Morgan fingerprint density at radius 3 is 2.26 bits per heavy atom. The van der Waals surface area contributed by atoms with Crippen LogP contribution in [0.1, 0.15) is 86.6 Å². The van der Waals surface area contributed by atoms with Crippen molar-refractivity contribution < 1.29 is 14.2 Å². The van der Waals surface area contributed by atoms with Gasteiger partial charge in [0.2, 0.25) is 0 Å². The zero-order valence-electron chi connectivity index (χ0n) is 23.7. The third kappa shape index (κ3) is 5.87. The topological polar surface area (TPSA) is 27.7 Å². The number of hydrogen-bond acceptors (Lipinski definition) is 3. The quantitative estimate of drug-likeness (QED) is 0.271. The maximum Gasteiger partial charge on any atom is 0.160 e. The molecule has 2 fully saturated rings. The summed E-state index contributed by atoms with van der Waals surface area (Å²) in [5, 5.41) is 0. The van der Waals surface area contributed by atoms with Crippen LogP contribution in [0.2, 0.25) is 0 Å². The summed E-state index contributed by atoms with van der Waals surface area (Å²) < 4.78 is 17.7. The molecule has 2 saturated carbocycles. The molecule has 3 aromatic carbocycles. The van der Waals surface area contributed by atoms with E-state index >= 15 is 0 Å². The van der Waals surface area contributed by atoms with Gasteiger partial charge in [-0.25, -0.2) is 0 Å². The molecule has 0 saturated heterocycles. The van der Waals surface area contributed by atoms with E-state index in [1.54, 1.807) is 14.2 Å². The van der Waals surface area contributed by atoms with Gasteiger partial charge in [-0.1, -0.05) is 74.2 Å². The molecule has 0 N–H and O–H groups in total. The Hall–Kier alpha value is -2.94. The fourth-order valence-electron chi connectivity index (χ4n) is 7.24. The maximum absolute atomic E-state index is 6.71. The molecule has 5 rings (SSSR count). The van der Waals surface area contributed by atoms with Gasteiger partial charge in [-0.05, 0) is 104 Å². The second kappa shape index (κ2) is 11.8. The van der Waals surface area contributed by atoms with Crippen molar-refractivity contribution in [3.8, 4) is 17.2 Å². The molecule has 3 unspecified atom stereocenters. The second-order valence-electron chi connectivity index (χ2n) is 11.7. The van der Waals surface area contributed by atoms with E-state index < -0.39 is 0 Å². The van der Waals surface area contributed by atoms with E-state index in [2.05, 4.69) is 74.5 Å². The molecule has 0 radical (unpaired) electrons. The predicted octanol–water partition coefficient (Wildman–Crippen LogP) is 9.01. The lowest BCUT2D eigenvalue weighted by atomic mass is 9.57. The first-order valence-electron chi connectivity index (χ1n) is 14.6. The molecule has 3 heteroatoms. The fraction of sp³-hybridized carbons (Fsp3) is 0.486. The Bertz CT molecular complexity index is 1190. The van der Waals surface area contributed by atoms with Crippen molar-refractivity contribution in [1.82, 2.24) is 0 Å². The standard InChI is InChI=1S/C35H44O3/c1-5-35(23-27-9-7-10-28(21-27)24-35)30-14-16-31(17-15-30)38-32(29-11-6-8-25(2)20-29)18-12-26-13-19-33(36-3)34(22-26)37-4/h6,8,11,13-17,19-20,22,27-28,32H,5,7,9-10,12,18,21,23-24H2,1-4H3. The average molecular weight is 513 g/mol. The molecule has 38 heavy (non-hydrogen) atoms. The summed E-state index contributed by atoms with van der Waals surface area (Å²) in [5.41, 5.74) is 5.55. The molecule has 3 atom stereocenters. The summed E-state index contributed by atoms with van der Waals surface area (Å²) in [7, 11) is 3.36. The summed E-state index contributed by atoms with van der Waals surface area (Å²) in [4.78, 5) is 0. The average Bonchev–Trinajstić information content (AvgIpc) is 2.95. The number of methoxy groups -OCH3 is 2. The van der Waals surface area contributed by atoms with Crippen LogP contribution in [0.4, 0.5) is 0 Å². The molecule has 0 aromatic heterocycles. The number of ether oxygens (including phenoxy) is 3. The molecular formula is C35H44O3. The number of aryl methyl sites for hydroxylation is 2. The van der Waals surface area contributed by atoms with Gasteiger partial charge in [-0.15, -0.1) is 0 Å². The van der Waals surface area contributed by atoms with Crippen LogP contribution in [0, 0.1) is 18.8 Å². The van der Waals surface area contributed by atoms with Crippen molar-refractivity contribution in [3.63, 3.8) is 0 Å². The molecular weight excluding hydrogens is 468 g/mol. The molecule has 0 amide bonds. The minimum Gasteiger partial charge on any atom is -0.493 e. The van der Waals surface area contributed by atoms with E-state index in [4.69, 9.17) is 14.2 Å². The monoisotopic (exact) mass is 512 g/mol. The summed E-state index contributed by atoms with van der Waals surface area (Å²) >= 11 is 0. The highest BCUT2D eigenvalue weighted by Gasteiger charge is 2.42. The number of benzene rings is 3. The second-order valence-corrected chi connectivity index (χ2v) is 11.7. The summed E-state index contributed by atoms with van der Waals surface area (Å²) in [6.45, 7) is 4.54. The van der Waals surface area contributed by atoms with E-state index in [0.29, 0.717) is 5.41 Å². The van der Waals surface area contributed by atoms with Gasteiger partial charge in [0.25, 0.3) is 0 Å². The molecule has 0 spiro atoms. The minimum absolute atomic E-state index is 0.0250. The molecule has 0 heterocycles. The zero-order chi connectivity index (χ0) is 26.5. The highest BCUT2D eigenvalue weighted by atomic mass is 16.5. The van der Waals surface area contributed by atoms with Gasteiger partial charge in [0.05, 0.1) is 14.2 Å². The smallest absolute Gasteiger partial charge is 0.160 e. The van der Waals surface area contributed by atoms with Crippen molar-refractivity contribution in [1.29, 1.82) is 0 Å². The highest BCUT2D eigenvalue weighted by Crippen LogP contribution is 2.52. The van der Waals surface area contributed by atoms with Crippen molar-refractivity contribution >= 4 is 0 Å². The number of hydrogen-bond donors (Lipinski definition) is 0. The normalized spacial score (nSPS) is 23.5. The van der Waals surface area contributed by atoms with Gasteiger partial charge in [-0.2, -0.15) is 0 Å². The molecule has 0 aliphatic heterocycles. The molecule has 2 aliphatic rings. The number of fused-ring (bicyclic) bond motifs is 2. The molecule has 2 aliphatic carbocycles. The SMILES string of the molecule is CCC1(c2ccc(OC(CCc3ccc(OC)c(OC)c3)c3cccc(C)c3)cc2)CC2CCCC(C2)C1. The minimum atomic E-state index is -0.0250. The van der Waals surface area contributed by atoms with Gasteiger partial charge in [0.15, 0.2) is 11.5 Å². The van der Waals surface area contributed by atoms with Crippen LogP contribution in [0.3, 0.4) is 0 Å². The fourth-order valence-corrected chi connectivity index (χ4v) is 7.24. The molecule has 2 bridgehead atoms. The Kier molecular flexibility index (Phi) is 8.31. The molecule has 3 nitrogen and oxygen atoms in total. The van der Waals surface area contributed by atoms with Gasteiger partial charge >= 0.3 is 0 Å². The first-order valence-corrected chi connectivity index (χ1v) is 14.6. The lowest BCUT2D eigenvalue weighted by molar-refractivity contribution is 0.106. The third-order valence-electron chi connectivity index (χ3n) is 9.23.